The standard InChI is InChI=1S/C26H31N3O6/c1-32-19-7-5-6-16-15(19)9-8-14-13-27-18(21(14)16)10-11-29-25(30)17-12-20(33-2)23(34-3)24(35-4)22(17)28-26(29)31/h5-7,12,14,18,21,27H,8-11,13H2,1-4H3,(H,28,31)/t14-,18?,21-/m1/s1. The molecular formula is C26H31N3O6. The number of H-pyrrole nitrogens is 1. The van der Waals surface area contributed by atoms with Crippen LogP contribution in [0.2, 0.25) is 0 Å². The third-order valence-electron chi connectivity index (χ3n) is 7.54. The molecule has 0 radical (unpaired) electrons. The molecule has 5 rings (SSSR count). The summed E-state index contributed by atoms with van der Waals surface area (Å²) in [6.07, 6.45) is 2.75. The molecule has 1 unspecified atom stereocenters. The number of hydrogen-bond donors (Lipinski definition) is 2. The first-order valence-electron chi connectivity index (χ1n) is 11.9. The lowest BCUT2D eigenvalue weighted by Gasteiger charge is -2.32. The smallest absolute Gasteiger partial charge is 0.328 e. The number of benzene rings is 2. The van der Waals surface area contributed by atoms with Crippen LogP contribution in [0.5, 0.6) is 23.0 Å². The molecule has 3 atom stereocenters. The summed E-state index contributed by atoms with van der Waals surface area (Å²) >= 11 is 0. The van der Waals surface area contributed by atoms with Crippen molar-refractivity contribution in [3.05, 3.63) is 56.2 Å². The zero-order valence-corrected chi connectivity index (χ0v) is 20.5. The minimum Gasteiger partial charge on any atom is -0.496 e. The molecule has 2 heterocycles. The topological polar surface area (TPSA) is 104 Å². The van der Waals surface area contributed by atoms with E-state index in [1.807, 2.05) is 12.1 Å². The molecule has 1 aliphatic heterocycles. The number of hydrogen-bond acceptors (Lipinski definition) is 7. The van der Waals surface area contributed by atoms with Crippen LogP contribution in [0.1, 0.15) is 29.9 Å². The molecule has 2 N–H and O–H groups in total. The van der Waals surface area contributed by atoms with Crippen LogP contribution in [0.15, 0.2) is 33.9 Å². The molecule has 9 nitrogen and oxygen atoms in total. The molecule has 0 spiro atoms. The van der Waals surface area contributed by atoms with Crippen LogP contribution in [0, 0.1) is 5.92 Å². The molecule has 2 aliphatic rings. The monoisotopic (exact) mass is 481 g/mol. The van der Waals surface area contributed by atoms with Crippen molar-refractivity contribution in [1.82, 2.24) is 14.9 Å². The third kappa shape index (κ3) is 3.74. The van der Waals surface area contributed by atoms with Gasteiger partial charge in [-0.15, -0.1) is 0 Å². The van der Waals surface area contributed by atoms with Gasteiger partial charge < -0.3 is 29.2 Å². The van der Waals surface area contributed by atoms with Crippen LogP contribution in [0.3, 0.4) is 0 Å². The van der Waals surface area contributed by atoms with Crippen molar-refractivity contribution in [3.63, 3.8) is 0 Å². The van der Waals surface area contributed by atoms with Crippen molar-refractivity contribution in [2.45, 2.75) is 37.8 Å². The van der Waals surface area contributed by atoms with Crippen molar-refractivity contribution in [2.75, 3.05) is 35.0 Å². The summed E-state index contributed by atoms with van der Waals surface area (Å²) in [5.41, 5.74) is 2.02. The van der Waals surface area contributed by atoms with Gasteiger partial charge in [0.25, 0.3) is 5.56 Å². The Bertz CT molecular complexity index is 1380. The molecule has 1 saturated heterocycles. The molecule has 9 heteroatoms. The van der Waals surface area contributed by atoms with Crippen molar-refractivity contribution >= 4 is 10.9 Å². The number of aromatic nitrogens is 2. The van der Waals surface area contributed by atoms with E-state index in [4.69, 9.17) is 18.9 Å². The maximum atomic E-state index is 13.4. The Morgan fingerprint density at radius 2 is 1.77 bits per heavy atom. The summed E-state index contributed by atoms with van der Waals surface area (Å²) in [7, 11) is 6.14. The summed E-state index contributed by atoms with van der Waals surface area (Å²) in [4.78, 5) is 29.2. The first-order chi connectivity index (χ1) is 17.0. The second kappa shape index (κ2) is 9.30. The highest BCUT2D eigenvalue weighted by molar-refractivity contribution is 5.89. The highest BCUT2D eigenvalue weighted by atomic mass is 16.5. The maximum absolute atomic E-state index is 13.4. The minimum atomic E-state index is -0.478. The minimum absolute atomic E-state index is 0.160. The van der Waals surface area contributed by atoms with Gasteiger partial charge in [-0.3, -0.25) is 9.36 Å². The number of nitrogens with zero attached hydrogens (tertiary/aromatic N) is 1. The van der Waals surface area contributed by atoms with E-state index in [9.17, 15) is 9.59 Å². The molecule has 1 fully saturated rings. The number of rotatable bonds is 7. The van der Waals surface area contributed by atoms with Gasteiger partial charge in [0.05, 0.1) is 33.8 Å². The fraction of sp³-hybridized carbons (Fsp3) is 0.462. The molecule has 35 heavy (non-hydrogen) atoms. The summed E-state index contributed by atoms with van der Waals surface area (Å²) < 4.78 is 23.1. The average molecular weight is 482 g/mol. The second-order valence-electron chi connectivity index (χ2n) is 9.11. The number of aromatic amines is 1. The Labute approximate surface area is 203 Å². The molecule has 3 aromatic rings. The van der Waals surface area contributed by atoms with E-state index >= 15 is 0 Å². The average Bonchev–Trinajstić information content (AvgIpc) is 3.30. The van der Waals surface area contributed by atoms with Crippen LogP contribution >= 0.6 is 0 Å². The Morgan fingerprint density at radius 3 is 2.49 bits per heavy atom. The van der Waals surface area contributed by atoms with E-state index in [0.717, 1.165) is 25.1 Å². The van der Waals surface area contributed by atoms with Gasteiger partial charge in [0.2, 0.25) is 5.75 Å². The molecule has 1 aromatic heterocycles. The van der Waals surface area contributed by atoms with E-state index in [0.29, 0.717) is 47.2 Å². The van der Waals surface area contributed by atoms with Crippen molar-refractivity contribution in [3.8, 4) is 23.0 Å². The zero-order valence-electron chi connectivity index (χ0n) is 20.5. The van der Waals surface area contributed by atoms with Crippen molar-refractivity contribution < 1.29 is 18.9 Å². The molecule has 0 saturated carbocycles. The quantitative estimate of drug-likeness (QED) is 0.534. The molecule has 186 valence electrons. The van der Waals surface area contributed by atoms with Gasteiger partial charge >= 0.3 is 5.69 Å². The number of ether oxygens (including phenoxy) is 4. The van der Waals surface area contributed by atoms with E-state index in [1.54, 1.807) is 13.2 Å². The SMILES string of the molecule is COc1cccc2c1CC[C@@H]1CNC(CCn3c(=O)[nH]c4c(OC)c(OC)c(OC)cc4c3=O)[C@@H]21. The predicted octanol–water partition coefficient (Wildman–Crippen LogP) is 2.43. The first-order valence-corrected chi connectivity index (χ1v) is 11.9. The van der Waals surface area contributed by atoms with E-state index in [-0.39, 0.29) is 17.4 Å². The van der Waals surface area contributed by atoms with Gasteiger partial charge in [-0.25, -0.2) is 4.79 Å². The predicted molar refractivity (Wildman–Crippen MR) is 132 cm³/mol. The van der Waals surface area contributed by atoms with E-state index in [1.165, 1.54) is 37.0 Å². The fourth-order valence-corrected chi connectivity index (χ4v) is 5.93. The lowest BCUT2D eigenvalue weighted by atomic mass is 9.73. The third-order valence-corrected chi connectivity index (χ3v) is 7.54. The van der Waals surface area contributed by atoms with Crippen molar-refractivity contribution in [2.24, 2.45) is 5.92 Å². The first kappa shape index (κ1) is 23.3. The largest absolute Gasteiger partial charge is 0.496 e. The summed E-state index contributed by atoms with van der Waals surface area (Å²) in [5.74, 6) is 2.74. The molecule has 1 aliphatic carbocycles. The summed E-state index contributed by atoms with van der Waals surface area (Å²) in [6.45, 7) is 1.23. The van der Waals surface area contributed by atoms with Crippen LogP contribution in [-0.2, 0) is 13.0 Å². The number of fused-ring (bicyclic) bond motifs is 4. The number of methoxy groups -OCH3 is 4. The van der Waals surface area contributed by atoms with E-state index < -0.39 is 5.69 Å². The Hall–Kier alpha value is -3.46. The molecule has 2 aromatic carbocycles. The Kier molecular flexibility index (Phi) is 6.19. The van der Waals surface area contributed by atoms with Gasteiger partial charge in [0.15, 0.2) is 11.5 Å². The fourth-order valence-electron chi connectivity index (χ4n) is 5.93. The lowest BCUT2D eigenvalue weighted by molar-refractivity contribution is 0.326. The summed E-state index contributed by atoms with van der Waals surface area (Å²) in [6, 6.07) is 7.99. The van der Waals surface area contributed by atoms with Crippen LogP contribution < -0.4 is 35.5 Å². The second-order valence-corrected chi connectivity index (χ2v) is 9.11. The van der Waals surface area contributed by atoms with Gasteiger partial charge in [0, 0.05) is 18.5 Å². The highest BCUT2D eigenvalue weighted by Gasteiger charge is 2.40. The Balaban J connectivity index is 1.49. The van der Waals surface area contributed by atoms with E-state index in [2.05, 4.69) is 16.4 Å². The lowest BCUT2D eigenvalue weighted by Crippen LogP contribution is -2.38. The van der Waals surface area contributed by atoms with Gasteiger partial charge in [-0.2, -0.15) is 0 Å². The number of nitrogens with one attached hydrogen (secondary N) is 2. The van der Waals surface area contributed by atoms with Gasteiger partial charge in [0.1, 0.15) is 11.3 Å². The normalized spacial score (nSPS) is 20.9. The van der Waals surface area contributed by atoms with Crippen LogP contribution in [0.25, 0.3) is 10.9 Å². The highest BCUT2D eigenvalue weighted by Crippen LogP contribution is 2.45. The van der Waals surface area contributed by atoms with Gasteiger partial charge in [-0.05, 0) is 55.0 Å². The van der Waals surface area contributed by atoms with Gasteiger partial charge in [-0.1, -0.05) is 12.1 Å². The maximum Gasteiger partial charge on any atom is 0.328 e. The van der Waals surface area contributed by atoms with Crippen molar-refractivity contribution in [1.29, 1.82) is 0 Å². The summed E-state index contributed by atoms with van der Waals surface area (Å²) in [5, 5.41) is 3.96. The Morgan fingerprint density at radius 1 is 1.00 bits per heavy atom. The van der Waals surface area contributed by atoms with Crippen LogP contribution in [-0.4, -0.2) is 50.6 Å². The zero-order chi connectivity index (χ0) is 24.7. The van der Waals surface area contributed by atoms with Crippen LogP contribution in [0.4, 0.5) is 0 Å². The molecular weight excluding hydrogens is 450 g/mol. The molecule has 0 amide bonds. The molecule has 0 bridgehead atoms.